The second-order valence-electron chi connectivity index (χ2n) is 6.86. The Labute approximate surface area is 145 Å². The lowest BCUT2D eigenvalue weighted by Gasteiger charge is -2.33. The van der Waals surface area contributed by atoms with Crippen molar-refractivity contribution in [3.8, 4) is 0 Å². The first-order chi connectivity index (χ1) is 12.2. The normalized spacial score (nSPS) is 20.2. The smallest absolute Gasteiger partial charge is 0.272 e. The van der Waals surface area contributed by atoms with Gasteiger partial charge in [-0.05, 0) is 37.3 Å². The number of hydrogen-bond donors (Lipinski definition) is 2. The topological polar surface area (TPSA) is 78.1 Å². The zero-order valence-electron chi connectivity index (χ0n) is 14.1. The van der Waals surface area contributed by atoms with E-state index in [0.29, 0.717) is 29.6 Å². The maximum absolute atomic E-state index is 11.8. The van der Waals surface area contributed by atoms with E-state index in [9.17, 15) is 9.59 Å². The first-order valence-corrected chi connectivity index (χ1v) is 8.90. The monoisotopic (exact) mass is 338 g/mol. The van der Waals surface area contributed by atoms with Gasteiger partial charge in [-0.15, -0.1) is 0 Å². The van der Waals surface area contributed by atoms with Crippen molar-refractivity contribution in [2.45, 2.75) is 31.7 Å². The number of nitrogens with zero attached hydrogens (tertiary/aromatic N) is 2. The summed E-state index contributed by atoms with van der Waals surface area (Å²) in [6, 6.07) is 7.84. The van der Waals surface area contributed by atoms with Gasteiger partial charge in [0.2, 0.25) is 0 Å². The Hall–Kier alpha value is -2.63. The van der Waals surface area contributed by atoms with E-state index >= 15 is 0 Å². The highest BCUT2D eigenvalue weighted by Crippen LogP contribution is 2.38. The van der Waals surface area contributed by atoms with Gasteiger partial charge < -0.3 is 10.2 Å². The molecule has 2 aliphatic rings. The van der Waals surface area contributed by atoms with E-state index in [1.54, 1.807) is 12.1 Å². The summed E-state index contributed by atoms with van der Waals surface area (Å²) in [6.07, 6.45) is 7.74. The van der Waals surface area contributed by atoms with Crippen LogP contribution in [0.25, 0.3) is 10.8 Å². The van der Waals surface area contributed by atoms with Crippen LogP contribution >= 0.6 is 0 Å². The highest BCUT2D eigenvalue weighted by Gasteiger charge is 2.36. The number of benzene rings is 1. The van der Waals surface area contributed by atoms with Crippen LogP contribution < -0.4 is 10.9 Å². The van der Waals surface area contributed by atoms with Crippen molar-refractivity contribution in [1.29, 1.82) is 0 Å². The number of allylic oxidation sites excluding steroid dienone is 1. The Morgan fingerprint density at radius 1 is 1.20 bits per heavy atom. The number of hydrogen-bond acceptors (Lipinski definition) is 5. The van der Waals surface area contributed by atoms with E-state index in [4.69, 9.17) is 0 Å². The molecule has 2 heterocycles. The van der Waals surface area contributed by atoms with Gasteiger partial charge in [-0.1, -0.05) is 18.2 Å². The molecule has 1 fully saturated rings. The van der Waals surface area contributed by atoms with Crippen molar-refractivity contribution in [2.75, 3.05) is 18.4 Å². The second-order valence-corrected chi connectivity index (χ2v) is 6.86. The van der Waals surface area contributed by atoms with E-state index in [1.165, 1.54) is 12.8 Å². The van der Waals surface area contributed by atoms with E-state index in [1.807, 2.05) is 24.4 Å². The molecule has 2 N–H and O–H groups in total. The maximum atomic E-state index is 11.8. The summed E-state index contributed by atoms with van der Waals surface area (Å²) in [5, 5.41) is 11.5. The number of aromatic nitrogens is 2. The molecule has 0 bridgehead atoms. The average Bonchev–Trinajstić information content (AvgIpc) is 3.47. The minimum atomic E-state index is -0.170. The fraction of sp³-hybridized carbons (Fsp3) is 0.421. The summed E-state index contributed by atoms with van der Waals surface area (Å²) < 4.78 is 0. The van der Waals surface area contributed by atoms with Crippen LogP contribution in [-0.4, -0.2) is 40.0 Å². The summed E-state index contributed by atoms with van der Waals surface area (Å²) in [7, 11) is 0. The van der Waals surface area contributed by atoms with E-state index in [-0.39, 0.29) is 11.3 Å². The fourth-order valence-electron chi connectivity index (χ4n) is 3.56. The molecule has 0 amide bonds. The lowest BCUT2D eigenvalue weighted by atomic mass is 10.0. The Morgan fingerprint density at radius 3 is 2.80 bits per heavy atom. The third-order valence-corrected chi connectivity index (χ3v) is 5.04. The number of carbonyl (C=O) groups is 1. The summed E-state index contributed by atoms with van der Waals surface area (Å²) in [5.41, 5.74) is -0.170. The number of nitrogens with one attached hydrogen (secondary N) is 2. The quantitative estimate of drug-likeness (QED) is 0.790. The van der Waals surface area contributed by atoms with Gasteiger partial charge in [-0.25, -0.2) is 5.10 Å². The molecule has 25 heavy (non-hydrogen) atoms. The van der Waals surface area contributed by atoms with Crippen LogP contribution in [0.5, 0.6) is 0 Å². The summed E-state index contributed by atoms with van der Waals surface area (Å²) in [4.78, 5) is 25.8. The van der Waals surface area contributed by atoms with E-state index in [0.717, 1.165) is 24.9 Å². The first-order valence-electron chi connectivity index (χ1n) is 8.90. The Balaban J connectivity index is 1.37. The molecule has 130 valence electrons. The zero-order chi connectivity index (χ0) is 17.2. The number of fused-ring (bicyclic) bond motifs is 1. The molecule has 6 heteroatoms. The van der Waals surface area contributed by atoms with Gasteiger partial charge in [0, 0.05) is 37.1 Å². The molecular weight excluding hydrogens is 316 g/mol. The highest BCUT2D eigenvalue weighted by molar-refractivity contribution is 5.91. The lowest BCUT2D eigenvalue weighted by molar-refractivity contribution is -0.116. The van der Waals surface area contributed by atoms with Crippen LogP contribution in [0.3, 0.4) is 0 Å². The fourth-order valence-corrected chi connectivity index (χ4v) is 3.56. The zero-order valence-corrected chi connectivity index (χ0v) is 14.1. The maximum Gasteiger partial charge on any atom is 0.272 e. The second kappa shape index (κ2) is 6.70. The standard InChI is InChI=1S/C19H22N4O2/c24-14-8-11-23(17(12-14)13-6-7-13)10-3-9-20-18-15-4-1-2-5-16(15)19(25)22-21-18/h1-2,4-5,8,11,13,17H,3,6-7,9-10,12H2,(H,20,21)(H,22,25). The molecule has 0 radical (unpaired) electrons. The van der Waals surface area contributed by atoms with Crippen molar-refractivity contribution < 1.29 is 4.79 Å². The van der Waals surface area contributed by atoms with Crippen LogP contribution in [0.2, 0.25) is 0 Å². The van der Waals surface area contributed by atoms with Crippen LogP contribution in [0.1, 0.15) is 25.7 Å². The van der Waals surface area contributed by atoms with Crippen molar-refractivity contribution in [3.63, 3.8) is 0 Å². The van der Waals surface area contributed by atoms with E-state index < -0.39 is 0 Å². The average molecular weight is 338 g/mol. The Morgan fingerprint density at radius 2 is 2.00 bits per heavy atom. The van der Waals surface area contributed by atoms with Crippen molar-refractivity contribution in [1.82, 2.24) is 15.1 Å². The van der Waals surface area contributed by atoms with Gasteiger partial charge in [0.1, 0.15) is 0 Å². The van der Waals surface area contributed by atoms with Crippen molar-refractivity contribution in [3.05, 3.63) is 46.9 Å². The SMILES string of the molecule is O=C1C=CN(CCCNc2n[nH]c(=O)c3ccccc23)C(C2CC2)C1. The number of carbonyl (C=O) groups excluding carboxylic acids is 1. The molecule has 1 aliphatic carbocycles. The predicted molar refractivity (Wildman–Crippen MR) is 97.5 cm³/mol. The van der Waals surface area contributed by atoms with Gasteiger partial charge in [0.25, 0.3) is 5.56 Å². The third kappa shape index (κ3) is 3.43. The van der Waals surface area contributed by atoms with Crippen molar-refractivity contribution >= 4 is 22.4 Å². The van der Waals surface area contributed by atoms with Gasteiger partial charge in [-0.2, -0.15) is 5.10 Å². The molecule has 0 spiro atoms. The van der Waals surface area contributed by atoms with Gasteiger partial charge >= 0.3 is 0 Å². The summed E-state index contributed by atoms with van der Waals surface area (Å²) >= 11 is 0. The molecule has 1 atom stereocenters. The highest BCUT2D eigenvalue weighted by atomic mass is 16.1. The van der Waals surface area contributed by atoms with Crippen LogP contribution in [0.15, 0.2) is 41.3 Å². The summed E-state index contributed by atoms with van der Waals surface area (Å²) in [5.74, 6) is 1.64. The lowest BCUT2D eigenvalue weighted by Crippen LogP contribution is -2.38. The van der Waals surface area contributed by atoms with Gasteiger partial charge in [0.05, 0.1) is 5.39 Å². The molecule has 1 unspecified atom stereocenters. The largest absolute Gasteiger partial charge is 0.373 e. The Kier molecular flexibility index (Phi) is 4.26. The van der Waals surface area contributed by atoms with Crippen LogP contribution in [0, 0.1) is 5.92 Å². The first kappa shape index (κ1) is 15.9. The molecule has 4 rings (SSSR count). The number of aromatic amines is 1. The Bertz CT molecular complexity index is 869. The van der Waals surface area contributed by atoms with Gasteiger partial charge in [-0.3, -0.25) is 9.59 Å². The minimum Gasteiger partial charge on any atom is -0.373 e. The van der Waals surface area contributed by atoms with Crippen LogP contribution in [-0.2, 0) is 4.79 Å². The summed E-state index contributed by atoms with van der Waals surface area (Å²) in [6.45, 7) is 1.68. The number of rotatable bonds is 6. The molecule has 1 aliphatic heterocycles. The van der Waals surface area contributed by atoms with E-state index in [2.05, 4.69) is 20.4 Å². The number of anilines is 1. The molecule has 1 aromatic carbocycles. The van der Waals surface area contributed by atoms with Crippen molar-refractivity contribution in [2.24, 2.45) is 5.92 Å². The molecule has 0 saturated heterocycles. The molecule has 6 nitrogen and oxygen atoms in total. The number of ketones is 1. The predicted octanol–water partition coefficient (Wildman–Crippen LogP) is 2.29. The molecule has 2 aromatic rings. The molecular formula is C19H22N4O2. The number of H-pyrrole nitrogens is 1. The molecule has 1 saturated carbocycles. The van der Waals surface area contributed by atoms with Crippen LogP contribution in [0.4, 0.5) is 5.82 Å². The van der Waals surface area contributed by atoms with Gasteiger partial charge in [0.15, 0.2) is 11.6 Å². The third-order valence-electron chi connectivity index (χ3n) is 5.04. The molecule has 1 aromatic heterocycles. The minimum absolute atomic E-state index is 0.170.